The number of hydrogen-bond acceptors (Lipinski definition) is 3. The number of aromatic nitrogens is 1. The zero-order chi connectivity index (χ0) is 11.7. The van der Waals surface area contributed by atoms with Gasteiger partial charge in [-0.3, -0.25) is 0 Å². The average molecular weight is 224 g/mol. The fourth-order valence-corrected chi connectivity index (χ4v) is 1.78. The minimum Gasteiger partial charge on any atom is -0.477 e. The number of rotatable bonds is 3. The van der Waals surface area contributed by atoms with E-state index in [0.717, 1.165) is 0 Å². The number of hydrogen-bond donors (Lipinski definition) is 2. The fourth-order valence-electron chi connectivity index (χ4n) is 1.78. The first kappa shape index (κ1) is 10.5. The smallest absolute Gasteiger partial charge is 0.407 e. The second kappa shape index (κ2) is 3.88. The standard InChI is InChI=1S/C10H12N2O4/c1-6-2-3-12(8(6)9(13)14)5-7-4-11-10(15)16-7/h2-3,7H,4-5H2,1H3,(H,11,15)(H,13,14). The molecule has 1 atom stereocenters. The summed E-state index contributed by atoms with van der Waals surface area (Å²) in [5.74, 6) is -0.972. The topological polar surface area (TPSA) is 80.6 Å². The first-order valence-corrected chi connectivity index (χ1v) is 4.91. The molecule has 16 heavy (non-hydrogen) atoms. The molecule has 1 amide bonds. The third-order valence-corrected chi connectivity index (χ3v) is 2.52. The molecular weight excluding hydrogens is 212 g/mol. The maximum atomic E-state index is 11.0. The number of alkyl carbamates (subject to hydrolysis) is 1. The van der Waals surface area contributed by atoms with Gasteiger partial charge >= 0.3 is 12.1 Å². The molecule has 2 heterocycles. The second-order valence-electron chi connectivity index (χ2n) is 3.71. The third-order valence-electron chi connectivity index (χ3n) is 2.52. The number of cyclic esters (lactones) is 1. The van der Waals surface area contributed by atoms with Crippen LogP contribution in [-0.4, -0.2) is 34.4 Å². The zero-order valence-corrected chi connectivity index (χ0v) is 8.77. The van der Waals surface area contributed by atoms with Gasteiger partial charge in [-0.2, -0.15) is 0 Å². The number of carboxylic acids is 1. The number of nitrogens with one attached hydrogen (secondary N) is 1. The molecule has 0 aliphatic carbocycles. The van der Waals surface area contributed by atoms with Crippen molar-refractivity contribution in [1.29, 1.82) is 0 Å². The van der Waals surface area contributed by atoms with Gasteiger partial charge in [-0.15, -0.1) is 0 Å². The van der Waals surface area contributed by atoms with Crippen molar-refractivity contribution in [3.05, 3.63) is 23.5 Å². The van der Waals surface area contributed by atoms with Gasteiger partial charge < -0.3 is 19.7 Å². The van der Waals surface area contributed by atoms with Crippen LogP contribution in [0.2, 0.25) is 0 Å². The van der Waals surface area contributed by atoms with Gasteiger partial charge in [0.25, 0.3) is 0 Å². The molecule has 1 unspecified atom stereocenters. The lowest BCUT2D eigenvalue weighted by molar-refractivity contribution is 0.0680. The predicted molar refractivity (Wildman–Crippen MR) is 54.4 cm³/mol. The van der Waals surface area contributed by atoms with Gasteiger partial charge in [-0.05, 0) is 18.6 Å². The molecule has 0 spiro atoms. The summed E-state index contributed by atoms with van der Waals surface area (Å²) in [6.07, 6.45) is 0.924. The van der Waals surface area contributed by atoms with E-state index in [0.29, 0.717) is 18.7 Å². The number of carboxylic acid groups (broad SMARTS) is 1. The Hall–Kier alpha value is -1.98. The Kier molecular flexibility index (Phi) is 2.55. The summed E-state index contributed by atoms with van der Waals surface area (Å²) in [5, 5.41) is 11.5. The highest BCUT2D eigenvalue weighted by molar-refractivity contribution is 5.87. The number of carbonyl (C=O) groups excluding carboxylic acids is 1. The van der Waals surface area contributed by atoms with E-state index in [-0.39, 0.29) is 11.8 Å². The Balaban J connectivity index is 2.15. The lowest BCUT2D eigenvalue weighted by Gasteiger charge is -2.11. The van der Waals surface area contributed by atoms with Crippen molar-refractivity contribution in [3.63, 3.8) is 0 Å². The van der Waals surface area contributed by atoms with E-state index in [9.17, 15) is 9.59 Å². The molecule has 2 rings (SSSR count). The molecule has 0 bridgehead atoms. The number of carbonyl (C=O) groups is 2. The molecule has 6 nitrogen and oxygen atoms in total. The molecule has 86 valence electrons. The van der Waals surface area contributed by atoms with Crippen LogP contribution in [0, 0.1) is 6.92 Å². The molecule has 0 aromatic carbocycles. The molecule has 1 fully saturated rings. The molecule has 1 aliphatic rings. The maximum Gasteiger partial charge on any atom is 0.407 e. The first-order valence-electron chi connectivity index (χ1n) is 4.91. The van der Waals surface area contributed by atoms with Gasteiger partial charge in [0.15, 0.2) is 0 Å². The highest BCUT2D eigenvalue weighted by atomic mass is 16.6. The molecular formula is C10H12N2O4. The highest BCUT2D eigenvalue weighted by Gasteiger charge is 2.24. The minimum atomic E-state index is -0.972. The lowest BCUT2D eigenvalue weighted by Crippen LogP contribution is -2.22. The molecule has 0 radical (unpaired) electrons. The van der Waals surface area contributed by atoms with Crippen LogP contribution in [0.5, 0.6) is 0 Å². The van der Waals surface area contributed by atoms with Crippen LogP contribution in [-0.2, 0) is 11.3 Å². The molecule has 1 aliphatic heterocycles. The zero-order valence-electron chi connectivity index (χ0n) is 8.77. The van der Waals surface area contributed by atoms with Crippen LogP contribution < -0.4 is 5.32 Å². The van der Waals surface area contributed by atoms with Crippen molar-refractivity contribution >= 4 is 12.1 Å². The van der Waals surface area contributed by atoms with Gasteiger partial charge in [0.1, 0.15) is 11.8 Å². The normalized spacial score (nSPS) is 19.3. The van der Waals surface area contributed by atoms with Crippen molar-refractivity contribution in [2.24, 2.45) is 0 Å². The van der Waals surface area contributed by atoms with Gasteiger partial charge in [-0.25, -0.2) is 9.59 Å². The fraction of sp³-hybridized carbons (Fsp3) is 0.400. The quantitative estimate of drug-likeness (QED) is 0.788. The van der Waals surface area contributed by atoms with Crippen molar-refractivity contribution in [1.82, 2.24) is 9.88 Å². The van der Waals surface area contributed by atoms with E-state index in [1.54, 1.807) is 23.8 Å². The monoisotopic (exact) mass is 224 g/mol. The summed E-state index contributed by atoms with van der Waals surface area (Å²) in [6, 6.07) is 1.73. The first-order chi connectivity index (χ1) is 7.58. The second-order valence-corrected chi connectivity index (χ2v) is 3.71. The summed E-state index contributed by atoms with van der Waals surface area (Å²) < 4.78 is 6.53. The number of amides is 1. The Morgan fingerprint density at radius 2 is 2.50 bits per heavy atom. The Labute approximate surface area is 91.8 Å². The summed E-state index contributed by atoms with van der Waals surface area (Å²) in [6.45, 7) is 2.50. The number of aromatic carboxylic acids is 1. The van der Waals surface area contributed by atoms with Gasteiger partial charge in [0.05, 0.1) is 13.1 Å². The molecule has 1 aromatic rings. The molecule has 2 N–H and O–H groups in total. The van der Waals surface area contributed by atoms with Crippen LogP contribution in [0.1, 0.15) is 16.1 Å². The van der Waals surface area contributed by atoms with Crippen LogP contribution >= 0.6 is 0 Å². The molecule has 6 heteroatoms. The summed E-state index contributed by atoms with van der Waals surface area (Å²) in [4.78, 5) is 21.8. The van der Waals surface area contributed by atoms with Crippen LogP contribution in [0.4, 0.5) is 4.79 Å². The van der Waals surface area contributed by atoms with E-state index in [1.807, 2.05) is 0 Å². The average Bonchev–Trinajstić information content (AvgIpc) is 2.74. The largest absolute Gasteiger partial charge is 0.477 e. The Morgan fingerprint density at radius 3 is 3.06 bits per heavy atom. The molecule has 1 aromatic heterocycles. The van der Waals surface area contributed by atoms with Crippen molar-refractivity contribution in [2.45, 2.75) is 19.6 Å². The van der Waals surface area contributed by atoms with Crippen LogP contribution in [0.3, 0.4) is 0 Å². The van der Waals surface area contributed by atoms with E-state index in [2.05, 4.69) is 5.32 Å². The van der Waals surface area contributed by atoms with Gasteiger partial charge in [0, 0.05) is 6.20 Å². The summed E-state index contributed by atoms with van der Waals surface area (Å²) in [5.41, 5.74) is 0.938. The van der Waals surface area contributed by atoms with Crippen LogP contribution in [0.25, 0.3) is 0 Å². The Bertz CT molecular complexity index is 438. The maximum absolute atomic E-state index is 11.0. The molecule has 1 saturated heterocycles. The van der Waals surface area contributed by atoms with Gasteiger partial charge in [0.2, 0.25) is 0 Å². The number of nitrogens with zero attached hydrogens (tertiary/aromatic N) is 1. The minimum absolute atomic E-state index is 0.239. The van der Waals surface area contributed by atoms with Crippen LogP contribution in [0.15, 0.2) is 12.3 Å². The Morgan fingerprint density at radius 1 is 1.75 bits per heavy atom. The molecule has 0 saturated carbocycles. The van der Waals surface area contributed by atoms with Gasteiger partial charge in [-0.1, -0.05) is 0 Å². The lowest BCUT2D eigenvalue weighted by atomic mass is 10.2. The number of aryl methyl sites for hydroxylation is 1. The number of ether oxygens (including phenoxy) is 1. The third kappa shape index (κ3) is 1.86. The van der Waals surface area contributed by atoms with E-state index < -0.39 is 12.1 Å². The SMILES string of the molecule is Cc1ccn(CC2CNC(=O)O2)c1C(=O)O. The van der Waals surface area contributed by atoms with E-state index in [4.69, 9.17) is 9.84 Å². The van der Waals surface area contributed by atoms with E-state index >= 15 is 0 Å². The highest BCUT2D eigenvalue weighted by Crippen LogP contribution is 2.12. The van der Waals surface area contributed by atoms with E-state index in [1.165, 1.54) is 0 Å². The summed E-state index contributed by atoms with van der Waals surface area (Å²) in [7, 11) is 0. The van der Waals surface area contributed by atoms with Crippen molar-refractivity contribution < 1.29 is 19.4 Å². The van der Waals surface area contributed by atoms with Crippen molar-refractivity contribution in [2.75, 3.05) is 6.54 Å². The summed E-state index contributed by atoms with van der Waals surface area (Å²) >= 11 is 0. The predicted octanol–water partition coefficient (Wildman–Crippen LogP) is 0.603. The van der Waals surface area contributed by atoms with Crippen molar-refractivity contribution in [3.8, 4) is 0 Å².